The molecule has 0 unspecified atom stereocenters. The van der Waals surface area contributed by atoms with Crippen molar-refractivity contribution in [1.29, 1.82) is 0 Å². The highest BCUT2D eigenvalue weighted by Gasteiger charge is 1.97. The number of nitrogens with zero attached hydrogens (tertiary/aromatic N) is 1. The van der Waals surface area contributed by atoms with Crippen LogP contribution in [-0.2, 0) is 4.79 Å². The highest BCUT2D eigenvalue weighted by Crippen LogP contribution is 2.08. The molecule has 0 aliphatic rings. The number of pyridine rings is 1. The van der Waals surface area contributed by atoms with Crippen LogP contribution in [0.2, 0.25) is 0 Å². The van der Waals surface area contributed by atoms with E-state index in [-0.39, 0.29) is 5.91 Å². The van der Waals surface area contributed by atoms with Crippen LogP contribution < -0.4 is 10.6 Å². The van der Waals surface area contributed by atoms with Crippen molar-refractivity contribution < 1.29 is 4.79 Å². The first-order valence-electron chi connectivity index (χ1n) is 4.33. The zero-order valence-corrected chi connectivity index (χ0v) is 8.24. The molecule has 0 atom stereocenters. The number of allylic oxidation sites excluding steroid dienone is 1. The van der Waals surface area contributed by atoms with Gasteiger partial charge >= 0.3 is 0 Å². The first-order valence-corrected chi connectivity index (χ1v) is 4.33. The molecule has 14 heavy (non-hydrogen) atoms. The number of aromatic nitrogens is 1. The van der Waals surface area contributed by atoms with Crippen LogP contribution in [0.4, 0.5) is 11.5 Å². The lowest BCUT2D eigenvalue weighted by atomic mass is 10.4. The minimum absolute atomic E-state index is 0.147. The lowest BCUT2D eigenvalue weighted by molar-refractivity contribution is -0.111. The average molecular weight is 191 g/mol. The molecule has 0 aliphatic heterocycles. The van der Waals surface area contributed by atoms with Gasteiger partial charge in [0.25, 0.3) is 0 Å². The highest BCUT2D eigenvalue weighted by molar-refractivity contribution is 5.99. The second-order valence-corrected chi connectivity index (χ2v) is 2.67. The Bertz CT molecular complexity index is 330. The Morgan fingerprint density at radius 1 is 1.50 bits per heavy atom. The van der Waals surface area contributed by atoms with Gasteiger partial charge < -0.3 is 10.6 Å². The molecule has 0 fully saturated rings. The molecular weight excluding hydrogens is 178 g/mol. The van der Waals surface area contributed by atoms with E-state index in [4.69, 9.17) is 0 Å². The predicted octanol–water partition coefficient (Wildman–Crippen LogP) is 1.64. The Morgan fingerprint density at radius 2 is 2.29 bits per heavy atom. The van der Waals surface area contributed by atoms with Crippen LogP contribution >= 0.6 is 0 Å². The largest absolute Gasteiger partial charge is 0.373 e. The van der Waals surface area contributed by atoms with E-state index in [9.17, 15) is 4.79 Å². The molecule has 2 N–H and O–H groups in total. The first kappa shape index (κ1) is 10.2. The van der Waals surface area contributed by atoms with Crippen LogP contribution in [0.3, 0.4) is 0 Å². The Morgan fingerprint density at radius 3 is 2.79 bits per heavy atom. The summed E-state index contributed by atoms with van der Waals surface area (Å²) in [5.41, 5.74) is 0.687. The quantitative estimate of drug-likeness (QED) is 0.714. The van der Waals surface area contributed by atoms with E-state index in [2.05, 4.69) is 15.6 Å². The number of carbonyl (C=O) groups is 1. The second kappa shape index (κ2) is 5.01. The highest BCUT2D eigenvalue weighted by atomic mass is 16.1. The average Bonchev–Trinajstić information content (AvgIpc) is 2.19. The lowest BCUT2D eigenvalue weighted by Crippen LogP contribution is -2.07. The lowest BCUT2D eigenvalue weighted by Gasteiger charge is -2.02. The summed E-state index contributed by atoms with van der Waals surface area (Å²) in [7, 11) is 1.79. The number of carbonyl (C=O) groups excluding carboxylic acids is 1. The Balaban J connectivity index is 2.64. The minimum atomic E-state index is -0.147. The van der Waals surface area contributed by atoms with Crippen LogP contribution in [0.5, 0.6) is 0 Å². The maximum Gasteiger partial charge on any atom is 0.248 e. The van der Waals surface area contributed by atoms with E-state index >= 15 is 0 Å². The molecule has 0 radical (unpaired) electrons. The molecule has 1 rings (SSSR count). The molecule has 4 heteroatoms. The van der Waals surface area contributed by atoms with Gasteiger partial charge in [0, 0.05) is 7.05 Å². The molecular formula is C10H13N3O. The van der Waals surface area contributed by atoms with Crippen molar-refractivity contribution in [1.82, 2.24) is 4.98 Å². The van der Waals surface area contributed by atoms with Crippen molar-refractivity contribution in [2.75, 3.05) is 17.7 Å². The molecule has 4 nitrogen and oxygen atoms in total. The van der Waals surface area contributed by atoms with Gasteiger partial charge in [0.1, 0.15) is 5.82 Å². The molecule has 0 aliphatic carbocycles. The van der Waals surface area contributed by atoms with Crippen molar-refractivity contribution in [3.63, 3.8) is 0 Å². The SMILES string of the molecule is C/C=C/C(=O)Nc1ccc(NC)nc1. The fraction of sp³-hybridized carbons (Fsp3) is 0.200. The fourth-order valence-corrected chi connectivity index (χ4v) is 0.951. The van der Waals surface area contributed by atoms with Gasteiger partial charge in [-0.2, -0.15) is 0 Å². The maximum absolute atomic E-state index is 11.1. The van der Waals surface area contributed by atoms with Crippen molar-refractivity contribution >= 4 is 17.4 Å². The zero-order chi connectivity index (χ0) is 10.4. The summed E-state index contributed by atoms with van der Waals surface area (Å²) < 4.78 is 0. The molecule has 1 heterocycles. The summed E-state index contributed by atoms with van der Waals surface area (Å²) in [4.78, 5) is 15.2. The number of nitrogens with one attached hydrogen (secondary N) is 2. The summed E-state index contributed by atoms with van der Waals surface area (Å²) in [5, 5.41) is 5.57. The summed E-state index contributed by atoms with van der Waals surface area (Å²) in [6.07, 6.45) is 4.75. The molecule has 1 amide bonds. The Hall–Kier alpha value is -1.84. The summed E-state index contributed by atoms with van der Waals surface area (Å²) in [6, 6.07) is 3.59. The monoisotopic (exact) mass is 191 g/mol. The molecule has 0 saturated carbocycles. The molecule has 0 aromatic carbocycles. The molecule has 1 aromatic heterocycles. The van der Waals surface area contributed by atoms with E-state index < -0.39 is 0 Å². The topological polar surface area (TPSA) is 54.0 Å². The second-order valence-electron chi connectivity index (χ2n) is 2.67. The Labute approximate surface area is 83.0 Å². The molecule has 0 bridgehead atoms. The van der Waals surface area contributed by atoms with Gasteiger partial charge in [-0.25, -0.2) is 4.98 Å². The minimum Gasteiger partial charge on any atom is -0.373 e. The van der Waals surface area contributed by atoms with E-state index in [0.717, 1.165) is 5.82 Å². The van der Waals surface area contributed by atoms with Gasteiger partial charge in [-0.15, -0.1) is 0 Å². The van der Waals surface area contributed by atoms with Crippen molar-refractivity contribution in [2.24, 2.45) is 0 Å². The van der Waals surface area contributed by atoms with Gasteiger partial charge in [0.05, 0.1) is 11.9 Å². The smallest absolute Gasteiger partial charge is 0.248 e. The van der Waals surface area contributed by atoms with Crippen molar-refractivity contribution in [3.05, 3.63) is 30.5 Å². The van der Waals surface area contributed by atoms with Crippen LogP contribution in [0.1, 0.15) is 6.92 Å². The molecule has 0 saturated heterocycles. The normalized spacial score (nSPS) is 10.1. The first-order chi connectivity index (χ1) is 6.76. The predicted molar refractivity (Wildman–Crippen MR) is 57.2 cm³/mol. The van der Waals surface area contributed by atoms with Crippen LogP contribution in [0, 0.1) is 0 Å². The molecule has 0 spiro atoms. The van der Waals surface area contributed by atoms with Gasteiger partial charge in [-0.1, -0.05) is 6.08 Å². The van der Waals surface area contributed by atoms with Crippen molar-refractivity contribution in [3.8, 4) is 0 Å². The number of amides is 1. The standard InChI is InChI=1S/C10H13N3O/c1-3-4-10(14)13-8-5-6-9(11-2)12-7-8/h3-7H,1-2H3,(H,11,12)(H,13,14)/b4-3+. The molecule has 74 valence electrons. The van der Waals surface area contributed by atoms with Gasteiger partial charge in [-0.3, -0.25) is 4.79 Å². The number of hydrogen-bond acceptors (Lipinski definition) is 3. The molecule has 1 aromatic rings. The van der Waals surface area contributed by atoms with Gasteiger partial charge in [-0.05, 0) is 25.1 Å². The summed E-state index contributed by atoms with van der Waals surface area (Å²) in [6.45, 7) is 1.79. The zero-order valence-electron chi connectivity index (χ0n) is 8.24. The van der Waals surface area contributed by atoms with Crippen LogP contribution in [-0.4, -0.2) is 17.9 Å². The van der Waals surface area contributed by atoms with Gasteiger partial charge in [0.2, 0.25) is 5.91 Å². The van der Waals surface area contributed by atoms with E-state index in [1.54, 1.807) is 38.4 Å². The fourth-order valence-electron chi connectivity index (χ4n) is 0.951. The third-order valence-electron chi connectivity index (χ3n) is 1.61. The summed E-state index contributed by atoms with van der Waals surface area (Å²) >= 11 is 0. The third-order valence-corrected chi connectivity index (χ3v) is 1.61. The third kappa shape index (κ3) is 2.90. The number of rotatable bonds is 3. The van der Waals surface area contributed by atoms with E-state index in [1.807, 2.05) is 0 Å². The Kier molecular flexibility index (Phi) is 3.67. The number of hydrogen-bond donors (Lipinski definition) is 2. The van der Waals surface area contributed by atoms with Gasteiger partial charge in [0.15, 0.2) is 0 Å². The van der Waals surface area contributed by atoms with Crippen molar-refractivity contribution in [2.45, 2.75) is 6.92 Å². The summed E-state index contributed by atoms with van der Waals surface area (Å²) in [5.74, 6) is 0.626. The maximum atomic E-state index is 11.1. The van der Waals surface area contributed by atoms with Crippen LogP contribution in [0.15, 0.2) is 30.5 Å². The number of anilines is 2. The van der Waals surface area contributed by atoms with E-state index in [1.165, 1.54) is 6.08 Å². The van der Waals surface area contributed by atoms with E-state index in [0.29, 0.717) is 5.69 Å². The van der Waals surface area contributed by atoms with Crippen LogP contribution in [0.25, 0.3) is 0 Å².